The van der Waals surface area contributed by atoms with Gasteiger partial charge >= 0.3 is 0 Å². The molecule has 0 fully saturated rings. The third-order valence-electron chi connectivity index (χ3n) is 5.44. The third-order valence-corrected chi connectivity index (χ3v) is 6.28. The van der Waals surface area contributed by atoms with Crippen LogP contribution in [0.3, 0.4) is 0 Å². The maximum absolute atomic E-state index is 14.4. The van der Waals surface area contributed by atoms with E-state index >= 15 is 0 Å². The van der Waals surface area contributed by atoms with Crippen molar-refractivity contribution in [3.8, 4) is 5.75 Å². The van der Waals surface area contributed by atoms with Crippen LogP contribution in [-0.2, 0) is 4.79 Å². The number of Topliss-reactive ketones (excluding diaryl/α,β-unsaturated/α-hetero) is 1. The average Bonchev–Trinajstić information content (AvgIpc) is 3.30. The van der Waals surface area contributed by atoms with Crippen LogP contribution in [0, 0.1) is 5.82 Å². The third kappa shape index (κ3) is 4.02. The van der Waals surface area contributed by atoms with Crippen molar-refractivity contribution in [1.82, 2.24) is 4.98 Å². The number of carbonyl (C=O) groups is 2. The summed E-state index contributed by atoms with van der Waals surface area (Å²) in [6.07, 6.45) is 1.07. The van der Waals surface area contributed by atoms with Crippen molar-refractivity contribution < 1.29 is 18.7 Å². The molecule has 1 aliphatic heterocycles. The molecule has 5 rings (SSSR count). The van der Waals surface area contributed by atoms with Gasteiger partial charge in [0.05, 0.1) is 16.9 Å². The molecule has 3 aromatic carbocycles. The predicted molar refractivity (Wildman–Crippen MR) is 130 cm³/mol. The molecule has 0 aliphatic carbocycles. The number of fused-ring (bicyclic) bond motifs is 1. The zero-order chi connectivity index (χ0) is 23.7. The lowest BCUT2D eigenvalue weighted by atomic mass is 9.90. The summed E-state index contributed by atoms with van der Waals surface area (Å²) < 4.78 is 20.6. The number of hydrogen-bond acceptors (Lipinski definition) is 5. The summed E-state index contributed by atoms with van der Waals surface area (Å²) in [5, 5.41) is 2.04. The fraction of sp³-hybridized carbons (Fsp3) is 0.0741. The first-order chi connectivity index (χ1) is 16.5. The second-order valence-electron chi connectivity index (χ2n) is 7.69. The van der Waals surface area contributed by atoms with Gasteiger partial charge in [0.15, 0.2) is 17.0 Å². The monoisotopic (exact) mass is 470 g/mol. The zero-order valence-corrected chi connectivity index (χ0v) is 19.0. The molecule has 1 atom stereocenters. The fourth-order valence-corrected chi connectivity index (χ4v) is 4.72. The summed E-state index contributed by atoms with van der Waals surface area (Å²) in [5.41, 5.74) is 2.35. The lowest BCUT2D eigenvalue weighted by Gasteiger charge is -2.28. The van der Waals surface area contributed by atoms with Gasteiger partial charge in [-0.2, -0.15) is 0 Å². The van der Waals surface area contributed by atoms with E-state index in [1.165, 1.54) is 35.3 Å². The molecule has 0 saturated heterocycles. The van der Waals surface area contributed by atoms with Crippen LogP contribution in [0.25, 0.3) is 6.08 Å². The summed E-state index contributed by atoms with van der Waals surface area (Å²) in [7, 11) is 0. The van der Waals surface area contributed by atoms with Crippen molar-refractivity contribution in [3.05, 3.63) is 112 Å². The molecule has 0 saturated carbocycles. The number of anilines is 2. The minimum absolute atomic E-state index is 0.122. The Morgan fingerprint density at radius 1 is 1.03 bits per heavy atom. The molecule has 0 N–H and O–H groups in total. The topological polar surface area (TPSA) is 59.5 Å². The van der Waals surface area contributed by atoms with Crippen LogP contribution in [0.15, 0.2) is 89.8 Å². The van der Waals surface area contributed by atoms with E-state index in [1.807, 2.05) is 36.4 Å². The minimum Gasteiger partial charge on any atom is -0.480 e. The van der Waals surface area contributed by atoms with E-state index in [1.54, 1.807) is 41.8 Å². The van der Waals surface area contributed by atoms with Gasteiger partial charge < -0.3 is 4.74 Å². The van der Waals surface area contributed by atoms with Crippen molar-refractivity contribution in [2.45, 2.75) is 13.0 Å². The smallest absolute Gasteiger partial charge is 0.230 e. The number of ketones is 1. The zero-order valence-electron chi connectivity index (χ0n) is 18.1. The Morgan fingerprint density at radius 2 is 1.74 bits per heavy atom. The van der Waals surface area contributed by atoms with Gasteiger partial charge in [0.25, 0.3) is 0 Å². The molecular formula is C27H19FN2O3S. The number of para-hydroxylation sites is 2. The normalized spacial score (nSPS) is 16.1. The second kappa shape index (κ2) is 9.03. The molecule has 168 valence electrons. The quantitative estimate of drug-likeness (QED) is 0.325. The standard InChI is InChI=1S/C27H19FN2O3S/c1-17(31)30(23-13-7-6-12-22(23)28)27-29-19(16-34-27)15-21-25(32)20-11-5-8-14-24(20)33-26(21)18-9-3-2-4-10-18/h2-16,26H,1H3/b21-15+. The number of thiazole rings is 1. The first-order valence-corrected chi connectivity index (χ1v) is 11.5. The highest BCUT2D eigenvalue weighted by Gasteiger charge is 2.33. The summed E-state index contributed by atoms with van der Waals surface area (Å²) in [6, 6.07) is 22.7. The summed E-state index contributed by atoms with van der Waals surface area (Å²) in [6.45, 7) is 1.35. The van der Waals surface area contributed by atoms with Crippen molar-refractivity contribution in [3.63, 3.8) is 0 Å². The molecule has 1 aromatic heterocycles. The molecule has 34 heavy (non-hydrogen) atoms. The molecule has 5 nitrogen and oxygen atoms in total. The molecule has 1 amide bonds. The van der Waals surface area contributed by atoms with Gasteiger partial charge in [-0.15, -0.1) is 11.3 Å². The number of carbonyl (C=O) groups excluding carboxylic acids is 2. The van der Waals surface area contributed by atoms with Crippen molar-refractivity contribution in [2.75, 3.05) is 4.90 Å². The Bertz CT molecular complexity index is 1410. The van der Waals surface area contributed by atoms with Crippen LogP contribution in [0.2, 0.25) is 0 Å². The summed E-state index contributed by atoms with van der Waals surface area (Å²) in [5.74, 6) is -0.515. The van der Waals surface area contributed by atoms with Crippen LogP contribution in [-0.4, -0.2) is 16.7 Å². The molecular weight excluding hydrogens is 451 g/mol. The molecule has 0 bridgehead atoms. The molecule has 4 aromatic rings. The highest BCUT2D eigenvalue weighted by atomic mass is 32.1. The highest BCUT2D eigenvalue weighted by molar-refractivity contribution is 7.14. The number of aromatic nitrogens is 1. The van der Waals surface area contributed by atoms with Crippen molar-refractivity contribution in [1.29, 1.82) is 0 Å². The van der Waals surface area contributed by atoms with Gasteiger partial charge in [0.1, 0.15) is 11.6 Å². The molecule has 0 radical (unpaired) electrons. The van der Waals surface area contributed by atoms with E-state index < -0.39 is 11.9 Å². The van der Waals surface area contributed by atoms with E-state index in [2.05, 4.69) is 4.98 Å². The summed E-state index contributed by atoms with van der Waals surface area (Å²) >= 11 is 1.19. The Balaban J connectivity index is 1.57. The number of nitrogens with zero attached hydrogens (tertiary/aromatic N) is 2. The van der Waals surface area contributed by atoms with E-state index in [-0.39, 0.29) is 17.4 Å². The second-order valence-corrected chi connectivity index (χ2v) is 8.53. The number of amides is 1. The van der Waals surface area contributed by atoms with Crippen molar-refractivity contribution in [2.24, 2.45) is 0 Å². The first kappa shape index (κ1) is 21.7. The Kier molecular flexibility index (Phi) is 5.77. The molecule has 0 spiro atoms. The van der Waals surface area contributed by atoms with Gasteiger partial charge in [-0.25, -0.2) is 9.37 Å². The fourth-order valence-electron chi connectivity index (χ4n) is 3.88. The van der Waals surface area contributed by atoms with Gasteiger partial charge in [-0.05, 0) is 35.9 Å². The van der Waals surface area contributed by atoms with Crippen LogP contribution < -0.4 is 9.64 Å². The van der Waals surface area contributed by atoms with E-state index in [9.17, 15) is 14.0 Å². The number of benzene rings is 3. The van der Waals surface area contributed by atoms with E-state index in [0.29, 0.717) is 27.7 Å². The summed E-state index contributed by atoms with van der Waals surface area (Å²) in [4.78, 5) is 31.6. The van der Waals surface area contributed by atoms with Gasteiger partial charge in [0.2, 0.25) is 5.91 Å². The predicted octanol–water partition coefficient (Wildman–Crippen LogP) is 6.37. The van der Waals surface area contributed by atoms with Gasteiger partial charge in [0, 0.05) is 17.9 Å². The Labute approximate surface area is 199 Å². The number of halogens is 1. The van der Waals surface area contributed by atoms with Crippen molar-refractivity contribution >= 4 is 39.9 Å². The van der Waals surface area contributed by atoms with E-state index in [4.69, 9.17) is 4.74 Å². The van der Waals surface area contributed by atoms with Crippen LogP contribution in [0.4, 0.5) is 15.2 Å². The van der Waals surface area contributed by atoms with Crippen LogP contribution in [0.5, 0.6) is 5.75 Å². The maximum atomic E-state index is 14.4. The van der Waals surface area contributed by atoms with Gasteiger partial charge in [-0.1, -0.05) is 54.6 Å². The number of rotatable bonds is 4. The lowest BCUT2D eigenvalue weighted by molar-refractivity contribution is -0.115. The van der Waals surface area contributed by atoms with Crippen LogP contribution >= 0.6 is 11.3 Å². The lowest BCUT2D eigenvalue weighted by Crippen LogP contribution is -2.24. The van der Waals surface area contributed by atoms with Crippen LogP contribution in [0.1, 0.15) is 34.6 Å². The average molecular weight is 471 g/mol. The van der Waals surface area contributed by atoms with Gasteiger partial charge in [-0.3, -0.25) is 14.5 Å². The number of ether oxygens (including phenoxy) is 1. The first-order valence-electron chi connectivity index (χ1n) is 10.6. The Morgan fingerprint density at radius 3 is 2.50 bits per heavy atom. The Hall–Kier alpha value is -4.10. The van der Waals surface area contributed by atoms with E-state index in [0.717, 1.165) is 5.56 Å². The molecule has 1 unspecified atom stereocenters. The SMILES string of the molecule is CC(=O)N(c1nc(/C=C2\C(=O)c3ccccc3OC2c2ccccc2)cs1)c1ccccc1F. The highest BCUT2D eigenvalue weighted by Crippen LogP contribution is 2.39. The number of hydrogen-bond donors (Lipinski definition) is 0. The molecule has 7 heteroatoms. The largest absolute Gasteiger partial charge is 0.480 e. The maximum Gasteiger partial charge on any atom is 0.230 e. The minimum atomic E-state index is -0.607. The molecule has 2 heterocycles. The molecule has 1 aliphatic rings.